The Labute approximate surface area is 95.6 Å². The van der Waals surface area contributed by atoms with Crippen molar-refractivity contribution in [3.63, 3.8) is 0 Å². The van der Waals surface area contributed by atoms with Crippen LogP contribution in [0.2, 0.25) is 0 Å². The number of amides is 1. The van der Waals surface area contributed by atoms with Crippen molar-refractivity contribution in [2.24, 2.45) is 0 Å². The largest absolute Gasteiger partial charge is 0.418 e. The Morgan fingerprint density at radius 3 is 2.65 bits per heavy atom. The fraction of sp³-hybridized carbons (Fsp3) is 0.300. The lowest BCUT2D eigenvalue weighted by Crippen LogP contribution is -2.18. The molecular formula is C10H11F3N2O2. The van der Waals surface area contributed by atoms with Crippen LogP contribution in [0.3, 0.4) is 0 Å². The number of carbonyl (C=O) groups is 1. The fourth-order valence-electron chi connectivity index (χ4n) is 1.21. The molecule has 0 aliphatic rings. The first-order valence-electron chi connectivity index (χ1n) is 4.60. The smallest absolute Gasteiger partial charge is 0.398 e. The molecule has 0 fully saturated rings. The number of nitrogen functional groups attached to an aromatic ring is 1. The fourth-order valence-corrected chi connectivity index (χ4v) is 1.21. The zero-order valence-corrected chi connectivity index (χ0v) is 8.97. The molecule has 0 radical (unpaired) electrons. The number of nitrogens with two attached hydrogens (primary N) is 1. The topological polar surface area (TPSA) is 64.3 Å². The molecule has 1 aromatic rings. The maximum Gasteiger partial charge on any atom is 0.418 e. The van der Waals surface area contributed by atoms with E-state index in [9.17, 15) is 18.0 Å². The molecule has 0 aromatic heterocycles. The van der Waals surface area contributed by atoms with E-state index < -0.39 is 17.6 Å². The summed E-state index contributed by atoms with van der Waals surface area (Å²) in [5.74, 6) is -0.537. The molecule has 1 amide bonds. The molecule has 7 heteroatoms. The van der Waals surface area contributed by atoms with Gasteiger partial charge >= 0.3 is 6.18 Å². The van der Waals surface area contributed by atoms with E-state index in [0.717, 1.165) is 12.1 Å². The Kier molecular flexibility index (Phi) is 3.95. The minimum Gasteiger partial charge on any atom is -0.398 e. The van der Waals surface area contributed by atoms with Gasteiger partial charge in [0.15, 0.2) is 0 Å². The Morgan fingerprint density at radius 1 is 1.47 bits per heavy atom. The van der Waals surface area contributed by atoms with Gasteiger partial charge in [0.25, 0.3) is 0 Å². The molecule has 0 aliphatic heterocycles. The minimum absolute atomic E-state index is 0.0218. The van der Waals surface area contributed by atoms with Crippen LogP contribution < -0.4 is 11.1 Å². The Hall–Kier alpha value is -1.76. The van der Waals surface area contributed by atoms with Crippen LogP contribution in [0, 0.1) is 0 Å². The number of hydrogen-bond acceptors (Lipinski definition) is 3. The summed E-state index contributed by atoms with van der Waals surface area (Å²) in [5, 5.41) is 2.26. The number of hydrogen-bond donors (Lipinski definition) is 2. The van der Waals surface area contributed by atoms with Crippen LogP contribution in [0.15, 0.2) is 18.2 Å². The Morgan fingerprint density at radius 2 is 2.12 bits per heavy atom. The number of carbonyl (C=O) groups excluding carboxylic acids is 1. The minimum atomic E-state index is -4.55. The van der Waals surface area contributed by atoms with Gasteiger partial charge in [0, 0.05) is 18.5 Å². The van der Waals surface area contributed by atoms with E-state index in [1.165, 1.54) is 13.2 Å². The van der Waals surface area contributed by atoms with E-state index in [-0.39, 0.29) is 18.0 Å². The average Bonchev–Trinajstić information content (AvgIpc) is 2.19. The summed E-state index contributed by atoms with van der Waals surface area (Å²) in [5.41, 5.74) is 3.86. The van der Waals surface area contributed by atoms with Gasteiger partial charge in [-0.2, -0.15) is 13.2 Å². The maximum absolute atomic E-state index is 12.5. The van der Waals surface area contributed by atoms with Crippen LogP contribution in [-0.2, 0) is 15.7 Å². The Balaban J connectivity index is 2.93. The summed E-state index contributed by atoms with van der Waals surface area (Å²) < 4.78 is 42.0. The molecule has 0 bridgehead atoms. The third kappa shape index (κ3) is 3.63. The van der Waals surface area contributed by atoms with Crippen molar-refractivity contribution < 1.29 is 22.7 Å². The normalized spacial score (nSPS) is 11.3. The van der Waals surface area contributed by atoms with Crippen molar-refractivity contribution >= 4 is 17.3 Å². The third-order valence-corrected chi connectivity index (χ3v) is 1.92. The van der Waals surface area contributed by atoms with Gasteiger partial charge in [-0.3, -0.25) is 4.79 Å². The highest BCUT2D eigenvalue weighted by atomic mass is 19.4. The third-order valence-electron chi connectivity index (χ3n) is 1.92. The van der Waals surface area contributed by atoms with Crippen LogP contribution in [0.4, 0.5) is 24.5 Å². The van der Waals surface area contributed by atoms with Crippen molar-refractivity contribution in [3.8, 4) is 0 Å². The summed E-state index contributed by atoms with van der Waals surface area (Å²) in [7, 11) is 1.31. The molecule has 1 aromatic carbocycles. The maximum atomic E-state index is 12.5. The lowest BCUT2D eigenvalue weighted by atomic mass is 10.1. The molecule has 17 heavy (non-hydrogen) atoms. The second-order valence-electron chi connectivity index (χ2n) is 3.28. The lowest BCUT2D eigenvalue weighted by molar-refractivity contribution is -0.137. The van der Waals surface area contributed by atoms with Gasteiger partial charge in [-0.1, -0.05) is 0 Å². The number of alkyl halides is 3. The molecule has 0 saturated heterocycles. The van der Waals surface area contributed by atoms with Crippen LogP contribution in [0.5, 0.6) is 0 Å². The molecule has 94 valence electrons. The molecule has 0 spiro atoms. The van der Waals surface area contributed by atoms with Crippen molar-refractivity contribution in [3.05, 3.63) is 23.8 Å². The first-order valence-corrected chi connectivity index (χ1v) is 4.60. The first-order chi connectivity index (χ1) is 7.84. The van der Waals surface area contributed by atoms with Gasteiger partial charge in [-0.05, 0) is 18.2 Å². The van der Waals surface area contributed by atoms with Crippen molar-refractivity contribution in [1.82, 2.24) is 0 Å². The SMILES string of the molecule is COCC(=O)Nc1ccc(N)c(C(F)(F)F)c1. The second kappa shape index (κ2) is 5.05. The monoisotopic (exact) mass is 248 g/mol. The number of methoxy groups -OCH3 is 1. The Bertz CT molecular complexity index is 419. The van der Waals surface area contributed by atoms with Gasteiger partial charge < -0.3 is 15.8 Å². The summed E-state index contributed by atoms with van der Waals surface area (Å²) >= 11 is 0. The highest BCUT2D eigenvalue weighted by molar-refractivity contribution is 5.92. The lowest BCUT2D eigenvalue weighted by Gasteiger charge is -2.12. The summed E-state index contributed by atoms with van der Waals surface area (Å²) in [6.07, 6.45) is -4.55. The molecule has 0 heterocycles. The molecule has 0 saturated carbocycles. The first kappa shape index (κ1) is 13.3. The average molecular weight is 248 g/mol. The summed E-state index contributed by atoms with van der Waals surface area (Å²) in [4.78, 5) is 11.1. The predicted octanol–water partition coefficient (Wildman–Crippen LogP) is 1.87. The summed E-state index contributed by atoms with van der Waals surface area (Å²) in [6.45, 7) is -0.230. The van der Waals surface area contributed by atoms with E-state index in [1.54, 1.807) is 0 Å². The summed E-state index contributed by atoms with van der Waals surface area (Å²) in [6, 6.07) is 3.16. The van der Waals surface area contributed by atoms with Crippen LogP contribution in [0.25, 0.3) is 0 Å². The number of ether oxygens (including phenoxy) is 1. The number of halogens is 3. The van der Waals surface area contributed by atoms with E-state index in [4.69, 9.17) is 5.73 Å². The number of nitrogens with one attached hydrogen (secondary N) is 1. The molecule has 0 aliphatic carbocycles. The highest BCUT2D eigenvalue weighted by Gasteiger charge is 2.33. The zero-order valence-electron chi connectivity index (χ0n) is 8.97. The molecule has 0 unspecified atom stereocenters. The van der Waals surface area contributed by atoms with Crippen LogP contribution >= 0.6 is 0 Å². The number of anilines is 2. The molecule has 4 nitrogen and oxygen atoms in total. The van der Waals surface area contributed by atoms with Gasteiger partial charge in [-0.15, -0.1) is 0 Å². The standard InChI is InChI=1S/C10H11F3N2O2/c1-17-5-9(16)15-6-2-3-8(14)7(4-6)10(11,12)13/h2-4H,5,14H2,1H3,(H,15,16). The molecular weight excluding hydrogens is 237 g/mol. The van der Waals surface area contributed by atoms with Crippen LogP contribution in [-0.4, -0.2) is 19.6 Å². The molecule has 1 rings (SSSR count). The van der Waals surface area contributed by atoms with E-state index >= 15 is 0 Å². The van der Waals surface area contributed by atoms with Crippen LogP contribution in [0.1, 0.15) is 5.56 Å². The van der Waals surface area contributed by atoms with E-state index in [2.05, 4.69) is 10.1 Å². The quantitative estimate of drug-likeness (QED) is 0.802. The predicted molar refractivity (Wildman–Crippen MR) is 56.4 cm³/mol. The van der Waals surface area contributed by atoms with Crippen molar-refractivity contribution in [2.75, 3.05) is 24.8 Å². The number of benzene rings is 1. The second-order valence-corrected chi connectivity index (χ2v) is 3.28. The van der Waals surface area contributed by atoms with Gasteiger partial charge in [0.1, 0.15) is 6.61 Å². The molecule has 0 atom stereocenters. The van der Waals surface area contributed by atoms with Gasteiger partial charge in [0.2, 0.25) is 5.91 Å². The van der Waals surface area contributed by atoms with E-state index in [0.29, 0.717) is 0 Å². The van der Waals surface area contributed by atoms with Crippen molar-refractivity contribution in [1.29, 1.82) is 0 Å². The zero-order chi connectivity index (χ0) is 13.1. The number of rotatable bonds is 3. The highest BCUT2D eigenvalue weighted by Crippen LogP contribution is 2.35. The van der Waals surface area contributed by atoms with E-state index in [1.807, 2.05) is 0 Å². The molecule has 3 N–H and O–H groups in total. The van der Waals surface area contributed by atoms with Gasteiger partial charge in [-0.25, -0.2) is 0 Å². The van der Waals surface area contributed by atoms with Crippen molar-refractivity contribution in [2.45, 2.75) is 6.18 Å². The van der Waals surface area contributed by atoms with Gasteiger partial charge in [0.05, 0.1) is 5.56 Å².